The van der Waals surface area contributed by atoms with Gasteiger partial charge < -0.3 is 10.4 Å². The third-order valence-corrected chi connectivity index (χ3v) is 3.74. The normalized spacial score (nSPS) is 12.0. The first-order valence-electron chi connectivity index (χ1n) is 7.73. The van der Waals surface area contributed by atoms with Gasteiger partial charge in [-0.05, 0) is 24.6 Å². The summed E-state index contributed by atoms with van der Waals surface area (Å²) in [5, 5.41) is 17.8. The number of anilines is 1. The lowest BCUT2D eigenvalue weighted by Gasteiger charge is -2.18. The van der Waals surface area contributed by atoms with Crippen LogP contribution in [0.25, 0.3) is 0 Å². The van der Waals surface area contributed by atoms with Crippen LogP contribution in [-0.4, -0.2) is 19.9 Å². The van der Waals surface area contributed by atoms with E-state index in [1.54, 1.807) is 18.5 Å². The molecular formula is C18H20N4O. The summed E-state index contributed by atoms with van der Waals surface area (Å²) in [4.78, 5) is 4.31. The Labute approximate surface area is 135 Å². The smallest absolute Gasteiger partial charge is 0.120 e. The van der Waals surface area contributed by atoms with E-state index in [2.05, 4.69) is 22.3 Å². The largest absolute Gasteiger partial charge is 0.508 e. The van der Waals surface area contributed by atoms with Gasteiger partial charge in [-0.2, -0.15) is 5.10 Å². The highest BCUT2D eigenvalue weighted by molar-refractivity contribution is 5.45. The van der Waals surface area contributed by atoms with Crippen molar-refractivity contribution in [1.82, 2.24) is 14.8 Å². The summed E-state index contributed by atoms with van der Waals surface area (Å²) in [5.41, 5.74) is 2.79. The van der Waals surface area contributed by atoms with Crippen molar-refractivity contribution in [2.45, 2.75) is 25.9 Å². The Morgan fingerprint density at radius 1 is 1.17 bits per heavy atom. The molecule has 3 aromatic rings. The molecule has 0 bridgehead atoms. The molecule has 0 aliphatic carbocycles. The molecule has 0 aliphatic rings. The van der Waals surface area contributed by atoms with E-state index in [4.69, 9.17) is 0 Å². The minimum absolute atomic E-state index is 0.0451. The Kier molecular flexibility index (Phi) is 4.57. The minimum atomic E-state index is 0.0451. The van der Waals surface area contributed by atoms with Crippen LogP contribution in [0.15, 0.2) is 61.1 Å². The molecule has 0 saturated heterocycles. The Bertz CT molecular complexity index is 754. The van der Waals surface area contributed by atoms with E-state index in [1.165, 1.54) is 0 Å². The number of phenolic OH excluding ortho intramolecular Hbond substituents is 1. The predicted octanol–water partition coefficient (Wildman–Crippen LogP) is 3.60. The van der Waals surface area contributed by atoms with Crippen LogP contribution in [0.1, 0.15) is 30.6 Å². The average molecular weight is 308 g/mol. The summed E-state index contributed by atoms with van der Waals surface area (Å²) < 4.78 is 1.85. The number of nitrogens with one attached hydrogen (secondary N) is 1. The fourth-order valence-electron chi connectivity index (χ4n) is 2.57. The van der Waals surface area contributed by atoms with Gasteiger partial charge >= 0.3 is 0 Å². The first-order chi connectivity index (χ1) is 11.3. The van der Waals surface area contributed by atoms with Gasteiger partial charge in [-0.15, -0.1) is 0 Å². The Morgan fingerprint density at radius 3 is 2.74 bits per heavy atom. The maximum Gasteiger partial charge on any atom is 0.120 e. The zero-order chi connectivity index (χ0) is 16.1. The average Bonchev–Trinajstić information content (AvgIpc) is 3.01. The maximum atomic E-state index is 10.0. The third-order valence-electron chi connectivity index (χ3n) is 3.74. The van der Waals surface area contributed by atoms with Crippen LogP contribution in [0.2, 0.25) is 0 Å². The molecular weight excluding hydrogens is 288 g/mol. The topological polar surface area (TPSA) is 63.0 Å². The van der Waals surface area contributed by atoms with Gasteiger partial charge in [0.1, 0.15) is 5.75 Å². The molecule has 0 amide bonds. The van der Waals surface area contributed by atoms with E-state index in [-0.39, 0.29) is 6.04 Å². The van der Waals surface area contributed by atoms with Crippen molar-refractivity contribution in [3.8, 4) is 5.75 Å². The molecule has 2 heterocycles. The second-order valence-electron chi connectivity index (χ2n) is 5.41. The lowest BCUT2D eigenvalue weighted by molar-refractivity contribution is 0.463. The Balaban J connectivity index is 1.71. The van der Waals surface area contributed by atoms with Crippen LogP contribution in [-0.2, 0) is 6.54 Å². The van der Waals surface area contributed by atoms with E-state index >= 15 is 0 Å². The molecule has 2 N–H and O–H groups in total. The van der Waals surface area contributed by atoms with E-state index < -0.39 is 0 Å². The summed E-state index contributed by atoms with van der Waals surface area (Å²) in [6.45, 7) is 2.72. The number of benzene rings is 1. The van der Waals surface area contributed by atoms with Crippen molar-refractivity contribution < 1.29 is 5.11 Å². The quantitative estimate of drug-likeness (QED) is 0.730. The van der Waals surface area contributed by atoms with Crippen molar-refractivity contribution in [1.29, 1.82) is 0 Å². The van der Waals surface area contributed by atoms with Gasteiger partial charge in [0.2, 0.25) is 0 Å². The molecule has 3 rings (SSSR count). The molecule has 0 aliphatic heterocycles. The molecule has 0 fully saturated rings. The predicted molar refractivity (Wildman–Crippen MR) is 90.3 cm³/mol. The van der Waals surface area contributed by atoms with Gasteiger partial charge in [-0.1, -0.05) is 31.2 Å². The maximum absolute atomic E-state index is 10.0. The van der Waals surface area contributed by atoms with Crippen LogP contribution in [0.4, 0.5) is 5.69 Å². The van der Waals surface area contributed by atoms with Gasteiger partial charge in [-0.25, -0.2) is 0 Å². The van der Waals surface area contributed by atoms with Gasteiger partial charge in [0.15, 0.2) is 0 Å². The van der Waals surface area contributed by atoms with Crippen molar-refractivity contribution in [3.05, 3.63) is 72.3 Å². The fraction of sp³-hybridized carbons (Fsp3) is 0.222. The number of pyridine rings is 1. The van der Waals surface area contributed by atoms with Gasteiger partial charge in [-0.3, -0.25) is 9.67 Å². The van der Waals surface area contributed by atoms with Crippen molar-refractivity contribution in [2.24, 2.45) is 0 Å². The van der Waals surface area contributed by atoms with Crippen LogP contribution < -0.4 is 5.32 Å². The number of aromatic nitrogens is 3. The first-order valence-corrected chi connectivity index (χ1v) is 7.73. The molecule has 23 heavy (non-hydrogen) atoms. The summed E-state index contributed by atoms with van der Waals surface area (Å²) in [7, 11) is 0. The monoisotopic (exact) mass is 308 g/mol. The first kappa shape index (κ1) is 15.1. The molecule has 2 aromatic heterocycles. The number of phenols is 1. The molecule has 0 spiro atoms. The van der Waals surface area contributed by atoms with Gasteiger partial charge in [0, 0.05) is 18.0 Å². The zero-order valence-electron chi connectivity index (χ0n) is 13.1. The SMILES string of the molecule is CCC(Nc1cnn(Cc2ccccn2)c1)c1ccccc1O. The van der Waals surface area contributed by atoms with Crippen molar-refractivity contribution in [3.63, 3.8) is 0 Å². The molecule has 1 aromatic carbocycles. The highest BCUT2D eigenvalue weighted by Crippen LogP contribution is 2.28. The molecule has 118 valence electrons. The second kappa shape index (κ2) is 6.96. The van der Waals surface area contributed by atoms with Gasteiger partial charge in [0.05, 0.1) is 30.2 Å². The molecule has 0 radical (unpaired) electrons. The van der Waals surface area contributed by atoms with E-state index in [9.17, 15) is 5.11 Å². The Morgan fingerprint density at radius 2 is 2.00 bits per heavy atom. The molecule has 5 heteroatoms. The summed E-state index contributed by atoms with van der Waals surface area (Å²) in [6, 6.07) is 13.3. The van der Waals surface area contributed by atoms with Crippen molar-refractivity contribution >= 4 is 5.69 Å². The van der Waals surface area contributed by atoms with Gasteiger partial charge in [0.25, 0.3) is 0 Å². The van der Waals surface area contributed by atoms with Crippen LogP contribution in [0.5, 0.6) is 5.75 Å². The van der Waals surface area contributed by atoms with E-state index in [0.717, 1.165) is 23.4 Å². The number of para-hydroxylation sites is 1. The summed E-state index contributed by atoms with van der Waals surface area (Å²) in [5.74, 6) is 0.313. The van der Waals surface area contributed by atoms with E-state index in [1.807, 2.05) is 47.3 Å². The van der Waals surface area contributed by atoms with E-state index in [0.29, 0.717) is 12.3 Å². The summed E-state index contributed by atoms with van der Waals surface area (Å²) in [6.07, 6.45) is 6.40. The number of rotatable bonds is 6. The Hall–Kier alpha value is -2.82. The number of hydrogen-bond acceptors (Lipinski definition) is 4. The molecule has 0 saturated carbocycles. The number of nitrogens with zero attached hydrogens (tertiary/aromatic N) is 3. The molecule has 1 atom stereocenters. The number of hydrogen-bond donors (Lipinski definition) is 2. The highest BCUT2D eigenvalue weighted by Gasteiger charge is 2.13. The van der Waals surface area contributed by atoms with Crippen LogP contribution in [0, 0.1) is 0 Å². The van der Waals surface area contributed by atoms with Crippen LogP contribution >= 0.6 is 0 Å². The lowest BCUT2D eigenvalue weighted by atomic mass is 10.0. The molecule has 1 unspecified atom stereocenters. The second-order valence-corrected chi connectivity index (χ2v) is 5.41. The number of aromatic hydroxyl groups is 1. The molecule has 5 nitrogen and oxygen atoms in total. The summed E-state index contributed by atoms with van der Waals surface area (Å²) >= 11 is 0. The fourth-order valence-corrected chi connectivity index (χ4v) is 2.57. The lowest BCUT2D eigenvalue weighted by Crippen LogP contribution is -2.09. The zero-order valence-corrected chi connectivity index (χ0v) is 13.1. The third kappa shape index (κ3) is 3.69. The minimum Gasteiger partial charge on any atom is -0.508 e. The highest BCUT2D eigenvalue weighted by atomic mass is 16.3. The van der Waals surface area contributed by atoms with Crippen LogP contribution in [0.3, 0.4) is 0 Å². The van der Waals surface area contributed by atoms with Crippen molar-refractivity contribution in [2.75, 3.05) is 5.32 Å². The standard InChI is InChI=1S/C18H20N4O/c1-2-17(16-8-3-4-9-18(16)23)21-15-11-20-22(13-15)12-14-7-5-6-10-19-14/h3-11,13,17,21,23H,2,12H2,1H3.